The number of carboxylic acids is 2. The maximum absolute atomic E-state index is 11.3. The molecule has 24 heavy (non-hydrogen) atoms. The van der Waals surface area contributed by atoms with Gasteiger partial charge in [-0.15, -0.1) is 0 Å². The molecule has 0 unspecified atom stereocenters. The van der Waals surface area contributed by atoms with Crippen LogP contribution in [0.5, 0.6) is 0 Å². The van der Waals surface area contributed by atoms with Gasteiger partial charge in [0.25, 0.3) is 0 Å². The van der Waals surface area contributed by atoms with Crippen LogP contribution in [-0.4, -0.2) is 27.1 Å². The van der Waals surface area contributed by atoms with Gasteiger partial charge in [-0.25, -0.2) is 4.79 Å². The minimum atomic E-state index is -1.03. The molecule has 1 heterocycles. The van der Waals surface area contributed by atoms with Crippen molar-refractivity contribution in [2.75, 3.05) is 0 Å². The number of carboxylic acid groups (broad SMARTS) is 2. The molecule has 0 aliphatic rings. The van der Waals surface area contributed by atoms with Crippen LogP contribution in [0.4, 0.5) is 0 Å². The summed E-state index contributed by atoms with van der Waals surface area (Å²) in [6.45, 7) is 2.07. The topological polar surface area (TPSA) is 90.4 Å². The van der Waals surface area contributed by atoms with E-state index in [1.807, 2.05) is 24.3 Å². The fourth-order valence-electron chi connectivity index (χ4n) is 2.87. The first-order valence-corrected chi connectivity index (χ1v) is 7.68. The molecule has 0 aliphatic carbocycles. The molecule has 0 bridgehead atoms. The summed E-state index contributed by atoms with van der Waals surface area (Å²) >= 11 is 0. The monoisotopic (exact) mass is 323 g/mol. The van der Waals surface area contributed by atoms with Crippen LogP contribution in [-0.2, 0) is 17.6 Å². The molecule has 0 amide bonds. The first kappa shape index (κ1) is 15.8. The number of aromatic amines is 1. The smallest absolute Gasteiger partial charge is 0.335 e. The highest BCUT2D eigenvalue weighted by atomic mass is 16.4. The van der Waals surface area contributed by atoms with Crippen LogP contribution in [0, 0.1) is 0 Å². The third-order valence-electron chi connectivity index (χ3n) is 4.13. The average Bonchev–Trinajstić information content (AvgIpc) is 2.92. The zero-order valence-electron chi connectivity index (χ0n) is 13.2. The number of hydrogen-bond donors (Lipinski definition) is 3. The van der Waals surface area contributed by atoms with Crippen molar-refractivity contribution in [1.82, 2.24) is 4.98 Å². The fraction of sp³-hybridized carbons (Fsp3) is 0.158. The molecule has 5 heteroatoms. The van der Waals surface area contributed by atoms with Gasteiger partial charge in [0.1, 0.15) is 0 Å². The number of rotatable bonds is 5. The van der Waals surface area contributed by atoms with Gasteiger partial charge in [-0.2, -0.15) is 0 Å². The van der Waals surface area contributed by atoms with Crippen LogP contribution < -0.4 is 0 Å². The molecule has 3 aromatic rings. The molecule has 122 valence electrons. The lowest BCUT2D eigenvalue weighted by Crippen LogP contribution is -2.01. The minimum Gasteiger partial charge on any atom is -0.481 e. The van der Waals surface area contributed by atoms with Crippen molar-refractivity contribution in [3.8, 4) is 11.3 Å². The van der Waals surface area contributed by atoms with Gasteiger partial charge in [0.2, 0.25) is 0 Å². The summed E-state index contributed by atoms with van der Waals surface area (Å²) in [6.07, 6.45) is 0.755. The summed E-state index contributed by atoms with van der Waals surface area (Å²) in [5.74, 6) is -1.99. The van der Waals surface area contributed by atoms with Crippen molar-refractivity contribution in [2.24, 2.45) is 0 Å². The Balaban J connectivity index is 2.21. The van der Waals surface area contributed by atoms with Crippen molar-refractivity contribution < 1.29 is 19.8 Å². The largest absolute Gasteiger partial charge is 0.481 e. The molecule has 5 nitrogen and oxygen atoms in total. The number of aromatic carboxylic acids is 1. The molecular weight excluding hydrogens is 306 g/mol. The van der Waals surface area contributed by atoms with Crippen molar-refractivity contribution in [3.05, 3.63) is 59.2 Å². The van der Waals surface area contributed by atoms with E-state index in [0.717, 1.165) is 23.2 Å². The third-order valence-corrected chi connectivity index (χ3v) is 4.13. The molecule has 0 radical (unpaired) electrons. The molecule has 0 fully saturated rings. The number of fused-ring (bicyclic) bond motifs is 1. The number of aryl methyl sites for hydroxylation is 1. The Kier molecular flexibility index (Phi) is 4.08. The van der Waals surface area contributed by atoms with Gasteiger partial charge in [-0.05, 0) is 41.3 Å². The Morgan fingerprint density at radius 2 is 1.75 bits per heavy atom. The van der Waals surface area contributed by atoms with Gasteiger partial charge in [-0.1, -0.05) is 31.2 Å². The standard InChI is InChI=1S/C19H17NO4/c1-2-11-3-5-12(6-4-11)18-15(10-17(21)22)14-9-13(19(23)24)7-8-16(14)20-18/h3-9,20H,2,10H2,1H3,(H,21,22)(H,23,24). The molecule has 0 spiro atoms. The SMILES string of the molecule is CCc1ccc(-c2[nH]c3ccc(C(=O)O)cc3c2CC(=O)O)cc1. The van der Waals surface area contributed by atoms with Gasteiger partial charge >= 0.3 is 11.9 Å². The van der Waals surface area contributed by atoms with E-state index in [-0.39, 0.29) is 12.0 Å². The first-order chi connectivity index (χ1) is 11.5. The van der Waals surface area contributed by atoms with Crippen LogP contribution >= 0.6 is 0 Å². The highest BCUT2D eigenvalue weighted by Crippen LogP contribution is 2.31. The number of H-pyrrole nitrogens is 1. The minimum absolute atomic E-state index is 0.140. The van der Waals surface area contributed by atoms with Gasteiger partial charge in [0, 0.05) is 10.9 Å². The lowest BCUT2D eigenvalue weighted by molar-refractivity contribution is -0.136. The molecule has 0 atom stereocenters. The zero-order valence-corrected chi connectivity index (χ0v) is 13.2. The van der Waals surface area contributed by atoms with Crippen LogP contribution in [0.2, 0.25) is 0 Å². The molecule has 0 saturated heterocycles. The number of carbonyl (C=O) groups is 2. The third kappa shape index (κ3) is 2.88. The fourth-order valence-corrected chi connectivity index (χ4v) is 2.87. The molecule has 3 N–H and O–H groups in total. The quantitative estimate of drug-likeness (QED) is 0.667. The summed E-state index contributed by atoms with van der Waals surface area (Å²) in [5, 5.41) is 19.0. The molecule has 0 saturated carbocycles. The number of nitrogens with one attached hydrogen (secondary N) is 1. The van der Waals surface area contributed by atoms with E-state index < -0.39 is 11.9 Å². The van der Waals surface area contributed by atoms with Crippen LogP contribution in [0.15, 0.2) is 42.5 Å². The maximum Gasteiger partial charge on any atom is 0.335 e. The summed E-state index contributed by atoms with van der Waals surface area (Å²) in [4.78, 5) is 25.7. The molecule has 2 aromatic carbocycles. The second-order valence-corrected chi connectivity index (χ2v) is 5.67. The van der Waals surface area contributed by atoms with Gasteiger partial charge in [0.15, 0.2) is 0 Å². The van der Waals surface area contributed by atoms with E-state index in [4.69, 9.17) is 0 Å². The van der Waals surface area contributed by atoms with Gasteiger partial charge in [0.05, 0.1) is 17.7 Å². The summed E-state index contributed by atoms with van der Waals surface area (Å²) in [5.41, 5.74) is 4.27. The Bertz CT molecular complexity index is 922. The second kappa shape index (κ2) is 6.20. The van der Waals surface area contributed by atoms with E-state index in [0.29, 0.717) is 10.9 Å². The van der Waals surface area contributed by atoms with Crippen molar-refractivity contribution in [2.45, 2.75) is 19.8 Å². The van der Waals surface area contributed by atoms with Crippen molar-refractivity contribution >= 4 is 22.8 Å². The Morgan fingerprint density at radius 3 is 2.33 bits per heavy atom. The molecular formula is C19H17NO4. The Labute approximate surface area is 138 Å². The summed E-state index contributed by atoms with van der Waals surface area (Å²) in [6, 6.07) is 12.6. The molecule has 1 aromatic heterocycles. The van der Waals surface area contributed by atoms with Crippen LogP contribution in [0.3, 0.4) is 0 Å². The van der Waals surface area contributed by atoms with E-state index in [9.17, 15) is 19.8 Å². The molecule has 0 aliphatic heterocycles. The van der Waals surface area contributed by atoms with E-state index in [2.05, 4.69) is 11.9 Å². The predicted octanol–water partition coefficient (Wildman–Crippen LogP) is 3.72. The van der Waals surface area contributed by atoms with E-state index in [1.165, 1.54) is 17.7 Å². The lowest BCUT2D eigenvalue weighted by Gasteiger charge is -2.04. The Morgan fingerprint density at radius 1 is 1.04 bits per heavy atom. The van der Waals surface area contributed by atoms with Crippen molar-refractivity contribution in [1.29, 1.82) is 0 Å². The number of aromatic nitrogens is 1. The lowest BCUT2D eigenvalue weighted by atomic mass is 10.0. The normalized spacial score (nSPS) is 10.9. The van der Waals surface area contributed by atoms with E-state index in [1.54, 1.807) is 6.07 Å². The zero-order chi connectivity index (χ0) is 17.3. The highest BCUT2D eigenvalue weighted by Gasteiger charge is 2.17. The molecule has 3 rings (SSSR count). The highest BCUT2D eigenvalue weighted by molar-refractivity contribution is 5.99. The Hall–Kier alpha value is -3.08. The van der Waals surface area contributed by atoms with Gasteiger partial charge < -0.3 is 15.2 Å². The van der Waals surface area contributed by atoms with Crippen LogP contribution in [0.1, 0.15) is 28.4 Å². The predicted molar refractivity (Wildman–Crippen MR) is 91.4 cm³/mol. The second-order valence-electron chi connectivity index (χ2n) is 5.67. The van der Waals surface area contributed by atoms with Crippen LogP contribution in [0.25, 0.3) is 22.2 Å². The summed E-state index contributed by atoms with van der Waals surface area (Å²) in [7, 11) is 0. The number of aliphatic carboxylic acids is 1. The van der Waals surface area contributed by atoms with E-state index >= 15 is 0 Å². The first-order valence-electron chi connectivity index (χ1n) is 7.68. The average molecular weight is 323 g/mol. The van der Waals surface area contributed by atoms with Gasteiger partial charge in [-0.3, -0.25) is 4.79 Å². The van der Waals surface area contributed by atoms with Crippen molar-refractivity contribution in [3.63, 3.8) is 0 Å². The number of hydrogen-bond acceptors (Lipinski definition) is 2. The summed E-state index contributed by atoms with van der Waals surface area (Å²) < 4.78 is 0. The number of benzene rings is 2. The maximum atomic E-state index is 11.3.